The highest BCUT2D eigenvalue weighted by Crippen LogP contribution is 2.44. The van der Waals surface area contributed by atoms with Gasteiger partial charge in [-0.2, -0.15) is 0 Å². The summed E-state index contributed by atoms with van der Waals surface area (Å²) in [7, 11) is 0. The van der Waals surface area contributed by atoms with E-state index in [9.17, 15) is 4.79 Å². The Kier molecular flexibility index (Phi) is 13.4. The molecule has 2 aliphatic heterocycles. The molecule has 15 nitrogen and oxygen atoms in total. The molecular weight excluding hydrogens is 1030 g/mol. The molecule has 0 spiro atoms. The summed E-state index contributed by atoms with van der Waals surface area (Å²) in [5.74, 6) is 5.64. The zero-order valence-corrected chi connectivity index (χ0v) is 46.7. The number of fused-ring (bicyclic) bond motifs is 4. The number of thioether (sulfide) groups is 1. The molecule has 4 aromatic carbocycles. The van der Waals surface area contributed by atoms with Crippen LogP contribution >= 0.6 is 11.8 Å². The van der Waals surface area contributed by atoms with Crippen molar-refractivity contribution in [3.8, 4) is 45.0 Å². The average Bonchev–Trinajstić information content (AvgIpc) is 4.36. The van der Waals surface area contributed by atoms with Crippen LogP contribution in [0.5, 0.6) is 0 Å². The first kappa shape index (κ1) is 51.3. The Hall–Kier alpha value is -7.89. The fourth-order valence-electron chi connectivity index (χ4n) is 12.8. The van der Waals surface area contributed by atoms with E-state index in [2.05, 4.69) is 132 Å². The molecule has 81 heavy (non-hydrogen) atoms. The molecule has 4 fully saturated rings. The standard InChI is InChI=1S/C65H67N13O2S/c1-65(2,39-41-8-6-11-45(32-41)54-20-18-44-14-16-47(38-56(44)71-54)58-60-61(67)69-22-25-78(60)63(73-58)49-35-51(36-49)76-30-31-81-40-76)80-64(79)75-28-26-74(27-29-75)24-21-68-50-33-48(34-50)62-72-57(59-52(66)12-7-23-77(59)62)46-15-13-43-17-19-53(70-55(43)37-46)42-9-4-3-5-10-42/h3-20,22-23,25,32,37-38,48-51,68H,21,24,26-31,33-36,39-40,66H2,1-2H3,(H2,67,69). The van der Waals surface area contributed by atoms with Crippen LogP contribution in [0.1, 0.15) is 68.6 Å². The van der Waals surface area contributed by atoms with Crippen LogP contribution in [0.25, 0.3) is 77.9 Å². The van der Waals surface area contributed by atoms with Crippen molar-refractivity contribution in [3.05, 3.63) is 163 Å². The van der Waals surface area contributed by atoms with E-state index in [1.807, 2.05) is 67.0 Å². The molecule has 10 aromatic rings. The number of ether oxygens (including phenoxy) is 1. The molecule has 2 saturated heterocycles. The van der Waals surface area contributed by atoms with Gasteiger partial charge in [0.2, 0.25) is 0 Å². The third kappa shape index (κ3) is 10.1. The number of rotatable bonds is 14. The minimum atomic E-state index is -0.725. The third-order valence-corrected chi connectivity index (χ3v) is 18.3. The average molecular weight is 1090 g/mol. The van der Waals surface area contributed by atoms with Crippen molar-refractivity contribution in [2.45, 2.75) is 75.5 Å². The minimum absolute atomic E-state index is 0.263. The van der Waals surface area contributed by atoms with Crippen molar-refractivity contribution in [1.29, 1.82) is 0 Å². The number of nitrogens with two attached hydrogens (primary N) is 2. The predicted octanol–water partition coefficient (Wildman–Crippen LogP) is 11.2. The van der Waals surface area contributed by atoms with Gasteiger partial charge in [-0.05, 0) is 87.6 Å². The molecule has 1 amide bonds. The number of imidazole rings is 2. The van der Waals surface area contributed by atoms with E-state index in [1.165, 1.54) is 12.3 Å². The number of piperazine rings is 1. The number of aromatic nitrogens is 7. The van der Waals surface area contributed by atoms with E-state index in [-0.39, 0.29) is 6.09 Å². The highest BCUT2D eigenvalue weighted by molar-refractivity contribution is 7.99. The quantitative estimate of drug-likeness (QED) is 0.0940. The molecular formula is C65H67N13O2S. The van der Waals surface area contributed by atoms with Gasteiger partial charge in [0.15, 0.2) is 0 Å². The predicted molar refractivity (Wildman–Crippen MR) is 325 cm³/mol. The van der Waals surface area contributed by atoms with E-state index >= 15 is 0 Å². The first-order chi connectivity index (χ1) is 39.5. The molecule has 4 aliphatic rings. The number of nitrogens with zero attached hydrogens (tertiary/aromatic N) is 10. The maximum Gasteiger partial charge on any atom is 0.410 e. The first-order valence-corrected chi connectivity index (χ1v) is 29.8. The first-order valence-electron chi connectivity index (χ1n) is 28.7. The fourth-order valence-corrected chi connectivity index (χ4v) is 13.8. The van der Waals surface area contributed by atoms with Crippen molar-refractivity contribution < 1.29 is 9.53 Å². The van der Waals surface area contributed by atoms with E-state index in [0.717, 1.165) is 153 Å². The van der Waals surface area contributed by atoms with Crippen LogP contribution < -0.4 is 16.8 Å². The number of nitrogen functional groups attached to an aromatic ring is 2. The summed E-state index contributed by atoms with van der Waals surface area (Å²) < 4.78 is 10.6. The normalized spacial score (nSPS) is 19.9. The van der Waals surface area contributed by atoms with Gasteiger partial charge in [-0.25, -0.2) is 29.7 Å². The van der Waals surface area contributed by atoms with Gasteiger partial charge in [0.1, 0.15) is 34.3 Å². The molecule has 14 rings (SSSR count). The number of carbonyl (C=O) groups excluding carboxylic acids is 1. The van der Waals surface area contributed by atoms with Gasteiger partial charge >= 0.3 is 6.09 Å². The number of amides is 1. The SMILES string of the molecule is CC(C)(Cc1cccc(-c2ccc3ccc(-c4nc(C5CC(N6CCSC6)C5)n5ccnc(N)c45)cc3n2)c1)OC(=O)N1CCN(CCNC2CC(c3nc(-c4ccc5ccc(-c6ccccc6)nc5c4)c4c(N)cccn34)C2)CC1. The highest BCUT2D eigenvalue weighted by atomic mass is 32.2. The number of hydrogen-bond acceptors (Lipinski definition) is 13. The third-order valence-electron chi connectivity index (χ3n) is 17.3. The molecule has 2 aliphatic carbocycles. The lowest BCUT2D eigenvalue weighted by molar-refractivity contribution is 0.00485. The van der Waals surface area contributed by atoms with Crippen LogP contribution in [-0.4, -0.2) is 130 Å². The van der Waals surface area contributed by atoms with Crippen LogP contribution in [0, 0.1) is 0 Å². The van der Waals surface area contributed by atoms with Gasteiger partial charge in [0.25, 0.3) is 0 Å². The Morgan fingerprint density at radius 1 is 0.667 bits per heavy atom. The molecule has 6 aromatic heterocycles. The van der Waals surface area contributed by atoms with Gasteiger partial charge in [0, 0.05) is 139 Å². The highest BCUT2D eigenvalue weighted by Gasteiger charge is 2.39. The lowest BCUT2D eigenvalue weighted by atomic mass is 9.79. The van der Waals surface area contributed by atoms with Crippen LogP contribution in [0.2, 0.25) is 0 Å². The van der Waals surface area contributed by atoms with Crippen LogP contribution in [0.3, 0.4) is 0 Å². The van der Waals surface area contributed by atoms with E-state index in [0.29, 0.717) is 54.9 Å². The van der Waals surface area contributed by atoms with E-state index < -0.39 is 5.60 Å². The van der Waals surface area contributed by atoms with Crippen molar-refractivity contribution in [2.75, 3.05) is 68.9 Å². The zero-order valence-electron chi connectivity index (χ0n) is 45.9. The van der Waals surface area contributed by atoms with Crippen LogP contribution in [0.15, 0.2) is 146 Å². The number of carbonyl (C=O) groups is 1. The number of benzene rings is 4. The largest absolute Gasteiger partial charge is 0.443 e. The Balaban J connectivity index is 0.566. The molecule has 2 saturated carbocycles. The maximum absolute atomic E-state index is 13.7. The maximum atomic E-state index is 13.7. The monoisotopic (exact) mass is 1090 g/mol. The lowest BCUT2D eigenvalue weighted by Crippen LogP contribution is -2.52. The van der Waals surface area contributed by atoms with Gasteiger partial charge in [-0.15, -0.1) is 11.8 Å². The molecule has 16 heteroatoms. The zero-order chi connectivity index (χ0) is 54.8. The Morgan fingerprint density at radius 2 is 1.32 bits per heavy atom. The molecule has 0 unspecified atom stereocenters. The topological polar surface area (TPSA) is 173 Å². The van der Waals surface area contributed by atoms with Crippen molar-refractivity contribution in [2.24, 2.45) is 0 Å². The summed E-state index contributed by atoms with van der Waals surface area (Å²) in [5.41, 5.74) is 25.5. The van der Waals surface area contributed by atoms with Gasteiger partial charge < -0.3 is 30.8 Å². The Morgan fingerprint density at radius 3 is 2.02 bits per heavy atom. The number of pyridine rings is 3. The molecule has 0 bridgehead atoms. The summed E-state index contributed by atoms with van der Waals surface area (Å²) in [4.78, 5) is 45.9. The summed E-state index contributed by atoms with van der Waals surface area (Å²) in [6.45, 7) is 9.85. The Bertz CT molecular complexity index is 3980. The van der Waals surface area contributed by atoms with E-state index in [4.69, 9.17) is 36.1 Å². The number of hydrogen-bond donors (Lipinski definition) is 3. The summed E-state index contributed by atoms with van der Waals surface area (Å²) in [5, 5.41) is 5.94. The lowest BCUT2D eigenvalue weighted by Gasteiger charge is -2.40. The Labute approximate surface area is 475 Å². The number of anilines is 2. The van der Waals surface area contributed by atoms with Gasteiger partial charge in [-0.1, -0.05) is 84.9 Å². The smallest absolute Gasteiger partial charge is 0.410 e. The molecule has 8 heterocycles. The fraction of sp³-hybridized carbons (Fsp3) is 0.323. The van der Waals surface area contributed by atoms with Crippen molar-refractivity contribution in [1.82, 2.24) is 53.7 Å². The summed E-state index contributed by atoms with van der Waals surface area (Å²) >= 11 is 2.03. The second-order valence-corrected chi connectivity index (χ2v) is 24.3. The molecule has 410 valence electrons. The molecule has 0 atom stereocenters. The van der Waals surface area contributed by atoms with Crippen molar-refractivity contribution in [3.63, 3.8) is 0 Å². The van der Waals surface area contributed by atoms with Crippen LogP contribution in [0.4, 0.5) is 16.3 Å². The van der Waals surface area contributed by atoms with Gasteiger partial charge in [-0.3, -0.25) is 14.2 Å². The number of nitrogens with one attached hydrogen (secondary N) is 1. The molecule has 5 N–H and O–H groups in total. The van der Waals surface area contributed by atoms with Crippen LogP contribution in [-0.2, 0) is 11.2 Å². The summed E-state index contributed by atoms with van der Waals surface area (Å²) in [6.07, 6.45) is 10.4. The van der Waals surface area contributed by atoms with Crippen molar-refractivity contribution >= 4 is 62.2 Å². The van der Waals surface area contributed by atoms with Gasteiger partial charge in [0.05, 0.1) is 39.3 Å². The second kappa shape index (κ2) is 21.2. The minimum Gasteiger partial charge on any atom is -0.443 e. The van der Waals surface area contributed by atoms with E-state index in [1.54, 1.807) is 6.20 Å². The molecule has 0 radical (unpaired) electrons. The summed E-state index contributed by atoms with van der Waals surface area (Å²) in [6, 6.07) is 44.9. The second-order valence-electron chi connectivity index (χ2n) is 23.2.